The summed E-state index contributed by atoms with van der Waals surface area (Å²) >= 11 is 1.36. The molecule has 0 atom stereocenters. The van der Waals surface area contributed by atoms with E-state index in [1.807, 2.05) is 0 Å². The van der Waals surface area contributed by atoms with E-state index in [1.54, 1.807) is 18.2 Å². The van der Waals surface area contributed by atoms with Crippen molar-refractivity contribution in [2.75, 3.05) is 5.32 Å². The average molecular weight is 393 g/mol. The molecule has 1 aromatic carbocycles. The molecule has 0 bridgehead atoms. The predicted octanol–water partition coefficient (Wildman–Crippen LogP) is 2.58. The van der Waals surface area contributed by atoms with Gasteiger partial charge in [-0.05, 0) is 43.0 Å². The van der Waals surface area contributed by atoms with Crippen LogP contribution in [0, 0.1) is 0 Å². The van der Waals surface area contributed by atoms with E-state index in [4.69, 9.17) is 0 Å². The van der Waals surface area contributed by atoms with Crippen molar-refractivity contribution in [3.63, 3.8) is 0 Å². The number of rotatable bonds is 8. The van der Waals surface area contributed by atoms with E-state index >= 15 is 0 Å². The third-order valence-electron chi connectivity index (χ3n) is 3.68. The molecule has 0 unspecified atom stereocenters. The summed E-state index contributed by atoms with van der Waals surface area (Å²) in [6, 6.07) is 6.46. The molecule has 26 heavy (non-hydrogen) atoms. The molecule has 1 amide bonds. The van der Waals surface area contributed by atoms with Crippen molar-refractivity contribution < 1.29 is 13.2 Å². The second kappa shape index (κ2) is 8.07. The molecule has 2 N–H and O–H groups in total. The Bertz CT molecular complexity index is 900. The van der Waals surface area contributed by atoms with Gasteiger partial charge in [0.15, 0.2) is 0 Å². The van der Waals surface area contributed by atoms with Gasteiger partial charge in [-0.15, -0.1) is 10.2 Å². The number of sulfonamides is 1. The summed E-state index contributed by atoms with van der Waals surface area (Å²) in [6.07, 6.45) is 6.60. The molecular formula is C17H20N4O3S2. The van der Waals surface area contributed by atoms with E-state index in [0.717, 1.165) is 36.3 Å². The highest BCUT2D eigenvalue weighted by Crippen LogP contribution is 2.22. The number of amides is 1. The maximum absolute atomic E-state index is 12.1. The minimum atomic E-state index is -3.46. The van der Waals surface area contributed by atoms with E-state index in [-0.39, 0.29) is 16.8 Å². The predicted molar refractivity (Wildman–Crippen MR) is 101 cm³/mol. The number of carbonyl (C=O) groups excluding carboxylic acids is 1. The summed E-state index contributed by atoms with van der Waals surface area (Å²) in [6.45, 7) is 2.06. The first-order valence-corrected chi connectivity index (χ1v) is 10.7. The Morgan fingerprint density at radius 2 is 2.00 bits per heavy atom. The number of nitrogens with one attached hydrogen (secondary N) is 2. The normalized spacial score (nSPS) is 14.7. The van der Waals surface area contributed by atoms with Crippen molar-refractivity contribution in [2.45, 2.75) is 43.5 Å². The molecule has 0 spiro atoms. The Morgan fingerprint density at radius 3 is 2.65 bits per heavy atom. The quantitative estimate of drug-likeness (QED) is 0.673. The summed E-state index contributed by atoms with van der Waals surface area (Å²) in [5.41, 5.74) is 0.731. The number of hydrogen-bond acceptors (Lipinski definition) is 6. The van der Waals surface area contributed by atoms with Crippen LogP contribution in [0.2, 0.25) is 0 Å². The molecule has 1 saturated carbocycles. The van der Waals surface area contributed by atoms with Crippen LogP contribution in [0.4, 0.5) is 5.13 Å². The van der Waals surface area contributed by atoms with E-state index in [0.29, 0.717) is 5.13 Å². The van der Waals surface area contributed by atoms with Crippen LogP contribution in [0.5, 0.6) is 0 Å². The molecular weight excluding hydrogens is 372 g/mol. The molecule has 3 rings (SSSR count). The van der Waals surface area contributed by atoms with E-state index in [2.05, 4.69) is 27.2 Å². The third kappa shape index (κ3) is 5.20. The fourth-order valence-corrected chi connectivity index (χ4v) is 4.33. The van der Waals surface area contributed by atoms with Gasteiger partial charge in [-0.3, -0.25) is 10.1 Å². The van der Waals surface area contributed by atoms with Crippen LogP contribution in [0.1, 0.15) is 36.8 Å². The van der Waals surface area contributed by atoms with Gasteiger partial charge >= 0.3 is 0 Å². The number of hydrogen-bond donors (Lipinski definition) is 2. The number of benzene rings is 1. The lowest BCUT2D eigenvalue weighted by Gasteiger charge is -2.05. The van der Waals surface area contributed by atoms with Crippen LogP contribution in [-0.2, 0) is 21.2 Å². The molecule has 1 aliphatic carbocycles. The topological polar surface area (TPSA) is 101 Å². The molecule has 1 heterocycles. The van der Waals surface area contributed by atoms with Gasteiger partial charge < -0.3 is 0 Å². The number of carbonyl (C=O) groups is 1. The second-order valence-corrected chi connectivity index (χ2v) is 8.81. The molecule has 1 fully saturated rings. The van der Waals surface area contributed by atoms with Gasteiger partial charge in [-0.2, -0.15) is 0 Å². The fraction of sp³-hybridized carbons (Fsp3) is 0.353. The highest BCUT2D eigenvalue weighted by molar-refractivity contribution is 7.89. The first-order chi connectivity index (χ1) is 12.5. The summed E-state index contributed by atoms with van der Waals surface area (Å²) in [4.78, 5) is 12.2. The highest BCUT2D eigenvalue weighted by atomic mass is 32.2. The Morgan fingerprint density at radius 1 is 1.27 bits per heavy atom. The van der Waals surface area contributed by atoms with Gasteiger partial charge in [0.2, 0.25) is 21.1 Å². The van der Waals surface area contributed by atoms with Gasteiger partial charge in [-0.1, -0.05) is 30.4 Å². The summed E-state index contributed by atoms with van der Waals surface area (Å²) in [5.74, 6) is -0.309. The van der Waals surface area contributed by atoms with Crippen LogP contribution in [-0.4, -0.2) is 30.6 Å². The SMILES string of the molecule is CCCc1nnc(NC(=O)/C=C/c2ccc(S(=O)(=O)NC3CC3)cc2)s1. The molecule has 1 aliphatic rings. The van der Waals surface area contributed by atoms with Gasteiger partial charge in [0, 0.05) is 18.5 Å². The second-order valence-electron chi connectivity index (χ2n) is 6.04. The number of aromatic nitrogens is 2. The highest BCUT2D eigenvalue weighted by Gasteiger charge is 2.27. The minimum absolute atomic E-state index is 0.0708. The largest absolute Gasteiger partial charge is 0.297 e. The average Bonchev–Trinajstić information content (AvgIpc) is 3.30. The van der Waals surface area contributed by atoms with Gasteiger partial charge in [0.05, 0.1) is 4.90 Å². The van der Waals surface area contributed by atoms with Crippen molar-refractivity contribution in [3.8, 4) is 0 Å². The summed E-state index contributed by atoms with van der Waals surface area (Å²) in [5, 5.41) is 12.0. The molecule has 0 aliphatic heterocycles. The Balaban J connectivity index is 1.58. The fourth-order valence-electron chi connectivity index (χ4n) is 2.18. The maximum Gasteiger partial charge on any atom is 0.250 e. The monoisotopic (exact) mass is 392 g/mol. The van der Waals surface area contributed by atoms with Crippen LogP contribution in [0.15, 0.2) is 35.2 Å². The van der Waals surface area contributed by atoms with Crippen LogP contribution < -0.4 is 10.0 Å². The van der Waals surface area contributed by atoms with Crippen LogP contribution >= 0.6 is 11.3 Å². The number of anilines is 1. The molecule has 0 radical (unpaired) electrons. The molecule has 2 aromatic rings. The Hall–Kier alpha value is -2.10. The molecule has 0 saturated heterocycles. The molecule has 9 heteroatoms. The molecule has 138 valence electrons. The van der Waals surface area contributed by atoms with Gasteiger partial charge in [0.1, 0.15) is 5.01 Å². The summed E-state index contributed by atoms with van der Waals surface area (Å²) < 4.78 is 26.8. The van der Waals surface area contributed by atoms with Crippen molar-refractivity contribution >= 4 is 38.5 Å². The Labute approximate surface area is 156 Å². The number of nitrogens with zero attached hydrogens (tertiary/aromatic N) is 2. The van der Waals surface area contributed by atoms with E-state index in [1.165, 1.54) is 29.5 Å². The molecule has 1 aromatic heterocycles. The lowest BCUT2D eigenvalue weighted by atomic mass is 10.2. The molecule has 7 nitrogen and oxygen atoms in total. The van der Waals surface area contributed by atoms with E-state index < -0.39 is 10.0 Å². The third-order valence-corrected chi connectivity index (χ3v) is 6.11. The van der Waals surface area contributed by atoms with Gasteiger partial charge in [-0.25, -0.2) is 13.1 Å². The van der Waals surface area contributed by atoms with Crippen LogP contribution in [0.25, 0.3) is 6.08 Å². The maximum atomic E-state index is 12.1. The first-order valence-electron chi connectivity index (χ1n) is 8.40. The minimum Gasteiger partial charge on any atom is -0.297 e. The van der Waals surface area contributed by atoms with Crippen molar-refractivity contribution in [2.24, 2.45) is 0 Å². The smallest absolute Gasteiger partial charge is 0.250 e. The zero-order valence-electron chi connectivity index (χ0n) is 14.3. The van der Waals surface area contributed by atoms with Gasteiger partial charge in [0.25, 0.3) is 0 Å². The van der Waals surface area contributed by atoms with Crippen LogP contribution in [0.3, 0.4) is 0 Å². The zero-order chi connectivity index (χ0) is 18.6. The first kappa shape index (κ1) is 18.7. The summed E-state index contributed by atoms with van der Waals surface area (Å²) in [7, 11) is -3.46. The lowest BCUT2D eigenvalue weighted by Crippen LogP contribution is -2.25. The zero-order valence-corrected chi connectivity index (χ0v) is 15.9. The Kier molecular flexibility index (Phi) is 5.80. The number of aryl methyl sites for hydroxylation is 1. The van der Waals surface area contributed by atoms with Crippen molar-refractivity contribution in [3.05, 3.63) is 40.9 Å². The standard InChI is InChI=1S/C17H20N4O3S2/c1-2-3-16-19-20-17(25-16)18-15(22)11-6-12-4-9-14(10-5-12)26(23,24)21-13-7-8-13/h4-6,9-11,13,21H,2-3,7-8H2,1H3,(H,18,20,22)/b11-6+. The van der Waals surface area contributed by atoms with Crippen molar-refractivity contribution in [1.82, 2.24) is 14.9 Å². The lowest BCUT2D eigenvalue weighted by molar-refractivity contribution is -0.111. The van der Waals surface area contributed by atoms with E-state index in [9.17, 15) is 13.2 Å². The van der Waals surface area contributed by atoms with Crippen molar-refractivity contribution in [1.29, 1.82) is 0 Å².